The van der Waals surface area contributed by atoms with Crippen molar-refractivity contribution in [2.24, 2.45) is 5.92 Å². The van der Waals surface area contributed by atoms with Gasteiger partial charge in [0.25, 0.3) is 0 Å². The van der Waals surface area contributed by atoms with Crippen molar-refractivity contribution in [2.45, 2.75) is 81.8 Å². The van der Waals surface area contributed by atoms with Gasteiger partial charge in [-0.1, -0.05) is 37.5 Å². The number of fused-ring (bicyclic) bond motifs is 8. The first-order valence-electron chi connectivity index (χ1n) is 15.1. The second-order valence-corrected chi connectivity index (χ2v) is 13.0. The Hall–Kier alpha value is -3.19. The summed E-state index contributed by atoms with van der Waals surface area (Å²) in [4.78, 5) is 31.3. The molecule has 3 aliphatic carbocycles. The van der Waals surface area contributed by atoms with Gasteiger partial charge in [-0.25, -0.2) is 9.18 Å². The van der Waals surface area contributed by atoms with Crippen LogP contribution in [0.15, 0.2) is 52.6 Å². The maximum absolute atomic E-state index is 15.5. The fourth-order valence-electron chi connectivity index (χ4n) is 8.97. The van der Waals surface area contributed by atoms with Gasteiger partial charge >= 0.3 is 5.97 Å². The third-order valence-corrected chi connectivity index (χ3v) is 10.7. The predicted octanol–water partition coefficient (Wildman–Crippen LogP) is 5.50. The normalized spacial score (nSPS) is 29.9. The molecule has 1 amide bonds. The van der Waals surface area contributed by atoms with Crippen molar-refractivity contribution in [3.8, 4) is 0 Å². The van der Waals surface area contributed by atoms with E-state index in [9.17, 15) is 14.7 Å². The molecule has 7 heteroatoms. The van der Waals surface area contributed by atoms with E-state index in [2.05, 4.69) is 27.5 Å². The molecular weight excluding hydrogens is 505 g/mol. The number of nitrogens with zero attached hydrogens (tertiary/aromatic N) is 3. The maximum Gasteiger partial charge on any atom is 0.336 e. The molecule has 2 aromatic rings. The monoisotopic (exact) mass is 541 g/mol. The molecule has 2 bridgehead atoms. The number of hydrogen-bond acceptors (Lipinski definition) is 3. The standard InChI is InChI=1S/C33H36FN3O3/c1-35-15-19-10-11-20(16-35)37(19)32(38)23-9-5-8-22-28(23)27-14-24-26(34)13-12-21(18-6-3-2-4-7-18)31(24)36(27)17-25-29(22)30(25)33(39)40/h5,8,12-14,18-20,23,28H,2-4,6-7,9-11,15-17H2,1H3,(H,39,40)/t19?,20?,23-,28-/m1/s1. The van der Waals surface area contributed by atoms with Crippen molar-refractivity contribution in [1.29, 1.82) is 0 Å². The molecule has 6 aliphatic rings. The van der Waals surface area contributed by atoms with Gasteiger partial charge in [-0.15, -0.1) is 0 Å². The van der Waals surface area contributed by atoms with Gasteiger partial charge in [-0.3, -0.25) is 4.79 Å². The molecule has 1 aromatic heterocycles. The van der Waals surface area contributed by atoms with Gasteiger partial charge in [0.05, 0.1) is 17.0 Å². The van der Waals surface area contributed by atoms with Crippen LogP contribution in [-0.4, -0.2) is 63.6 Å². The van der Waals surface area contributed by atoms with Crippen LogP contribution in [0.3, 0.4) is 0 Å². The number of likely N-dealkylation sites (N-methyl/N-ethyl adjacent to an activating group) is 1. The SMILES string of the molecule is CN1CC2CCC(C1)N2C(=O)[C@@H]1CC=CC2=C3C(=C3C(=O)O)Cn3c(cc4c(F)ccc(C5CCCCC5)c43)[C@H]21. The number of aromatic nitrogens is 1. The zero-order valence-electron chi connectivity index (χ0n) is 23.0. The van der Waals surface area contributed by atoms with Crippen LogP contribution in [-0.2, 0) is 16.1 Å². The molecule has 4 heterocycles. The molecule has 3 aliphatic heterocycles. The highest BCUT2D eigenvalue weighted by Gasteiger charge is 2.50. The number of carbonyl (C=O) groups excluding carboxylic acids is 1. The summed E-state index contributed by atoms with van der Waals surface area (Å²) >= 11 is 0. The van der Waals surface area contributed by atoms with Gasteiger partial charge in [0.2, 0.25) is 5.91 Å². The summed E-state index contributed by atoms with van der Waals surface area (Å²) < 4.78 is 17.7. The summed E-state index contributed by atoms with van der Waals surface area (Å²) in [7, 11) is 2.13. The summed E-state index contributed by atoms with van der Waals surface area (Å²) in [5.41, 5.74) is 6.03. The first-order chi connectivity index (χ1) is 19.4. The number of piperazine rings is 1. The number of halogens is 1. The Morgan fingerprint density at radius 3 is 2.50 bits per heavy atom. The van der Waals surface area contributed by atoms with Gasteiger partial charge in [0.1, 0.15) is 5.82 Å². The van der Waals surface area contributed by atoms with Crippen LogP contribution in [0.1, 0.15) is 74.5 Å². The van der Waals surface area contributed by atoms with Gasteiger partial charge in [-0.05, 0) is 79.5 Å². The first kappa shape index (κ1) is 24.6. The van der Waals surface area contributed by atoms with E-state index in [1.165, 1.54) is 24.8 Å². The minimum atomic E-state index is -0.909. The molecule has 8 rings (SSSR count). The number of aliphatic carboxylic acids is 1. The molecule has 2 saturated heterocycles. The fraction of sp³-hybridized carbons (Fsp3) is 0.515. The number of benzene rings is 1. The number of allylic oxidation sites excluding steroid dienone is 4. The number of likely N-dealkylation sites (tertiary alicyclic amines) is 1. The van der Waals surface area contributed by atoms with Crippen LogP contribution in [0.2, 0.25) is 0 Å². The Morgan fingerprint density at radius 1 is 1.02 bits per heavy atom. The second-order valence-electron chi connectivity index (χ2n) is 13.0. The fourth-order valence-corrected chi connectivity index (χ4v) is 8.97. The number of carboxylic acids is 1. The Balaban J connectivity index is 1.30. The van der Waals surface area contributed by atoms with E-state index in [4.69, 9.17) is 0 Å². The van der Waals surface area contributed by atoms with E-state index in [1.54, 1.807) is 6.07 Å². The Kier molecular flexibility index (Phi) is 5.47. The Labute approximate surface area is 233 Å². The number of amides is 1. The van der Waals surface area contributed by atoms with Crippen LogP contribution < -0.4 is 0 Å². The van der Waals surface area contributed by atoms with E-state index in [0.29, 0.717) is 29.8 Å². The average molecular weight is 542 g/mol. The van der Waals surface area contributed by atoms with Crippen LogP contribution in [0.5, 0.6) is 0 Å². The molecule has 1 saturated carbocycles. The number of carbonyl (C=O) groups is 2. The van der Waals surface area contributed by atoms with E-state index in [1.807, 2.05) is 18.2 Å². The molecule has 0 radical (unpaired) electrons. The van der Waals surface area contributed by atoms with Crippen molar-refractivity contribution >= 4 is 22.8 Å². The maximum atomic E-state index is 15.5. The number of hydrogen-bond donors (Lipinski definition) is 1. The lowest BCUT2D eigenvalue weighted by atomic mass is 9.75. The zero-order valence-corrected chi connectivity index (χ0v) is 23.0. The van der Waals surface area contributed by atoms with Crippen LogP contribution in [0.4, 0.5) is 4.39 Å². The Morgan fingerprint density at radius 2 is 1.77 bits per heavy atom. The third kappa shape index (κ3) is 3.49. The number of rotatable bonds is 3. The topological polar surface area (TPSA) is 65.8 Å². The molecule has 2 unspecified atom stereocenters. The number of carboxylic acid groups (broad SMARTS) is 1. The third-order valence-electron chi connectivity index (χ3n) is 10.7. The van der Waals surface area contributed by atoms with Crippen molar-refractivity contribution < 1.29 is 19.1 Å². The van der Waals surface area contributed by atoms with E-state index >= 15 is 4.39 Å². The molecule has 208 valence electrons. The molecule has 40 heavy (non-hydrogen) atoms. The highest BCUT2D eigenvalue weighted by molar-refractivity contribution is 6.05. The smallest absolute Gasteiger partial charge is 0.336 e. The lowest BCUT2D eigenvalue weighted by molar-refractivity contribution is -0.141. The average Bonchev–Trinajstić information content (AvgIpc) is 3.49. The largest absolute Gasteiger partial charge is 0.478 e. The predicted molar refractivity (Wildman–Crippen MR) is 151 cm³/mol. The van der Waals surface area contributed by atoms with Crippen LogP contribution in [0.25, 0.3) is 10.9 Å². The summed E-state index contributed by atoms with van der Waals surface area (Å²) in [6.45, 7) is 2.22. The molecule has 4 atom stereocenters. The van der Waals surface area contributed by atoms with Crippen LogP contribution in [0, 0.1) is 11.7 Å². The quantitative estimate of drug-likeness (QED) is 0.558. The van der Waals surface area contributed by atoms with Crippen molar-refractivity contribution in [3.05, 3.63) is 69.7 Å². The van der Waals surface area contributed by atoms with Crippen molar-refractivity contribution in [3.63, 3.8) is 0 Å². The van der Waals surface area contributed by atoms with Gasteiger partial charge in [-0.2, -0.15) is 0 Å². The lowest BCUT2D eigenvalue weighted by Crippen LogP contribution is -2.56. The van der Waals surface area contributed by atoms with Crippen molar-refractivity contribution in [1.82, 2.24) is 14.4 Å². The minimum absolute atomic E-state index is 0.179. The van der Waals surface area contributed by atoms with Crippen LogP contribution >= 0.6 is 0 Å². The van der Waals surface area contributed by atoms with Gasteiger partial charge in [0.15, 0.2) is 0 Å². The van der Waals surface area contributed by atoms with E-state index in [-0.39, 0.29) is 35.6 Å². The zero-order chi connectivity index (χ0) is 27.3. The summed E-state index contributed by atoms with van der Waals surface area (Å²) in [6, 6.07) is 6.03. The molecule has 1 aromatic carbocycles. The molecular formula is C33H36FN3O3. The van der Waals surface area contributed by atoms with E-state index < -0.39 is 5.97 Å². The summed E-state index contributed by atoms with van der Waals surface area (Å²) in [5.74, 6) is -1.20. The van der Waals surface area contributed by atoms with E-state index in [0.717, 1.165) is 66.7 Å². The van der Waals surface area contributed by atoms with Crippen molar-refractivity contribution in [2.75, 3.05) is 20.1 Å². The van der Waals surface area contributed by atoms with Gasteiger partial charge < -0.3 is 19.5 Å². The van der Waals surface area contributed by atoms with Gasteiger partial charge in [0, 0.05) is 48.7 Å². The Bertz CT molecular complexity index is 1540. The highest BCUT2D eigenvalue weighted by Crippen LogP contribution is 2.55. The lowest BCUT2D eigenvalue weighted by Gasteiger charge is -2.43. The summed E-state index contributed by atoms with van der Waals surface area (Å²) in [5, 5.41) is 10.7. The molecule has 1 N–H and O–H groups in total. The molecule has 6 nitrogen and oxygen atoms in total. The minimum Gasteiger partial charge on any atom is -0.478 e. The highest BCUT2D eigenvalue weighted by atomic mass is 19.1. The molecule has 0 spiro atoms. The first-order valence-corrected chi connectivity index (χ1v) is 15.1. The molecule has 3 fully saturated rings. The summed E-state index contributed by atoms with van der Waals surface area (Å²) in [6.07, 6.45) is 12.6. The second kappa shape index (κ2) is 8.90.